The molecule has 0 aromatic heterocycles. The topological polar surface area (TPSA) is 60.9 Å². The maximum Gasteiger partial charge on any atom is 0.228 e. The summed E-state index contributed by atoms with van der Waals surface area (Å²) in [4.78, 5) is 28.6. The first-order chi connectivity index (χ1) is 11.6. The minimum atomic E-state index is -0.298. The van der Waals surface area contributed by atoms with Crippen LogP contribution in [0.4, 0.5) is 5.69 Å². The lowest BCUT2D eigenvalue weighted by atomic mass is 10.1. The van der Waals surface area contributed by atoms with Crippen molar-refractivity contribution in [2.24, 2.45) is 11.8 Å². The summed E-state index contributed by atoms with van der Waals surface area (Å²) in [7, 11) is 0. The van der Waals surface area contributed by atoms with Crippen LogP contribution in [0.2, 0.25) is 0 Å². The van der Waals surface area contributed by atoms with Crippen LogP contribution in [-0.4, -0.2) is 48.1 Å². The van der Waals surface area contributed by atoms with E-state index in [4.69, 9.17) is 0 Å². The van der Waals surface area contributed by atoms with Gasteiger partial charge in [0.1, 0.15) is 0 Å². The van der Waals surface area contributed by atoms with Gasteiger partial charge in [-0.05, 0) is 42.9 Å². The quantitative estimate of drug-likeness (QED) is 0.830. The normalized spacial score (nSPS) is 20.5. The van der Waals surface area contributed by atoms with Gasteiger partial charge in [-0.15, -0.1) is 0 Å². The van der Waals surface area contributed by atoms with Gasteiger partial charge in [-0.1, -0.05) is 19.1 Å². The maximum absolute atomic E-state index is 12.8. The molecular formula is C19H26N2O3. The number of hydrogen-bond acceptors (Lipinski definition) is 3. The lowest BCUT2D eigenvalue weighted by molar-refractivity contribution is -0.136. The van der Waals surface area contributed by atoms with E-state index in [1.165, 1.54) is 5.56 Å². The first kappa shape index (κ1) is 17.0. The minimum absolute atomic E-state index is 0.00738. The van der Waals surface area contributed by atoms with Gasteiger partial charge in [0.05, 0.1) is 12.5 Å². The molecule has 1 N–H and O–H groups in total. The fourth-order valence-electron chi connectivity index (χ4n) is 3.32. The third-order valence-electron chi connectivity index (χ3n) is 4.99. The van der Waals surface area contributed by atoms with E-state index in [1.54, 1.807) is 9.80 Å². The monoisotopic (exact) mass is 330 g/mol. The Bertz CT molecular complexity index is 595. The zero-order chi connectivity index (χ0) is 17.1. The van der Waals surface area contributed by atoms with Crippen LogP contribution < -0.4 is 4.90 Å². The van der Waals surface area contributed by atoms with Gasteiger partial charge in [-0.2, -0.15) is 0 Å². The number of aliphatic hydroxyl groups is 1. The summed E-state index contributed by atoms with van der Waals surface area (Å²) in [5.41, 5.74) is 2.10. The van der Waals surface area contributed by atoms with Gasteiger partial charge >= 0.3 is 0 Å². The van der Waals surface area contributed by atoms with Crippen molar-refractivity contribution in [1.29, 1.82) is 0 Å². The molecule has 5 heteroatoms. The summed E-state index contributed by atoms with van der Waals surface area (Å²) in [6.45, 7) is 3.60. The molecule has 5 nitrogen and oxygen atoms in total. The molecule has 1 saturated carbocycles. The number of hydrogen-bond donors (Lipinski definition) is 1. The van der Waals surface area contributed by atoms with Gasteiger partial charge in [0.15, 0.2) is 0 Å². The van der Waals surface area contributed by atoms with Crippen molar-refractivity contribution in [1.82, 2.24) is 4.90 Å². The van der Waals surface area contributed by atoms with Crippen molar-refractivity contribution in [3.05, 3.63) is 29.8 Å². The number of carbonyl (C=O) groups is 2. The van der Waals surface area contributed by atoms with E-state index in [0.29, 0.717) is 19.0 Å². The van der Waals surface area contributed by atoms with Gasteiger partial charge in [0.25, 0.3) is 0 Å². The molecule has 2 fully saturated rings. The maximum atomic E-state index is 12.8. The van der Waals surface area contributed by atoms with E-state index in [1.807, 2.05) is 24.3 Å². The Kier molecular flexibility index (Phi) is 5.19. The smallest absolute Gasteiger partial charge is 0.228 e. The summed E-state index contributed by atoms with van der Waals surface area (Å²) < 4.78 is 0. The van der Waals surface area contributed by atoms with Gasteiger partial charge < -0.3 is 14.9 Å². The molecule has 3 rings (SSSR count). The Morgan fingerprint density at radius 2 is 2.00 bits per heavy atom. The fraction of sp³-hybridized carbons (Fsp3) is 0.579. The highest BCUT2D eigenvalue weighted by Gasteiger charge is 2.38. The Balaban J connectivity index is 1.66. The first-order valence-corrected chi connectivity index (χ1v) is 8.91. The molecule has 1 aromatic rings. The fourth-order valence-corrected chi connectivity index (χ4v) is 3.32. The summed E-state index contributed by atoms with van der Waals surface area (Å²) in [5, 5.41) is 9.22. The van der Waals surface area contributed by atoms with Crippen LogP contribution in [0.3, 0.4) is 0 Å². The van der Waals surface area contributed by atoms with Crippen molar-refractivity contribution < 1.29 is 14.7 Å². The SMILES string of the molecule is CCc1ccc(N2C[C@H](C(=O)N(CCO)CC3CC3)CC2=O)cc1. The minimum Gasteiger partial charge on any atom is -0.395 e. The second-order valence-electron chi connectivity index (χ2n) is 6.88. The highest BCUT2D eigenvalue weighted by Crippen LogP contribution is 2.31. The van der Waals surface area contributed by atoms with Crippen LogP contribution in [0, 0.1) is 11.8 Å². The van der Waals surface area contributed by atoms with Crippen LogP contribution >= 0.6 is 0 Å². The van der Waals surface area contributed by atoms with Gasteiger partial charge in [0, 0.05) is 31.7 Å². The van der Waals surface area contributed by atoms with Crippen molar-refractivity contribution in [2.45, 2.75) is 32.6 Å². The molecule has 1 atom stereocenters. The number of nitrogens with zero attached hydrogens (tertiary/aromatic N) is 2. The number of rotatable bonds is 7. The molecule has 2 amide bonds. The van der Waals surface area contributed by atoms with Crippen LogP contribution in [-0.2, 0) is 16.0 Å². The van der Waals surface area contributed by atoms with Crippen molar-refractivity contribution in [2.75, 3.05) is 31.1 Å². The summed E-state index contributed by atoms with van der Waals surface area (Å²) >= 11 is 0. The molecule has 1 heterocycles. The molecule has 2 aliphatic rings. The molecule has 0 bridgehead atoms. The third-order valence-corrected chi connectivity index (χ3v) is 4.99. The molecule has 1 saturated heterocycles. The van der Waals surface area contributed by atoms with Gasteiger partial charge in [-0.3, -0.25) is 9.59 Å². The Hall–Kier alpha value is -1.88. The van der Waals surface area contributed by atoms with Crippen molar-refractivity contribution in [3.63, 3.8) is 0 Å². The summed E-state index contributed by atoms with van der Waals surface area (Å²) in [5.74, 6) is 0.300. The molecule has 0 radical (unpaired) electrons. The van der Waals surface area contributed by atoms with Crippen molar-refractivity contribution >= 4 is 17.5 Å². The van der Waals surface area contributed by atoms with Crippen LogP contribution in [0.5, 0.6) is 0 Å². The molecule has 130 valence electrons. The zero-order valence-corrected chi connectivity index (χ0v) is 14.3. The lowest BCUT2D eigenvalue weighted by Crippen LogP contribution is -2.40. The highest BCUT2D eigenvalue weighted by molar-refractivity contribution is 6.00. The van der Waals surface area contributed by atoms with Crippen LogP contribution in [0.1, 0.15) is 31.7 Å². The highest BCUT2D eigenvalue weighted by atomic mass is 16.3. The average molecular weight is 330 g/mol. The lowest BCUT2D eigenvalue weighted by Gasteiger charge is -2.25. The number of anilines is 1. The number of benzene rings is 1. The molecule has 0 spiro atoms. The second kappa shape index (κ2) is 7.34. The molecule has 1 aromatic carbocycles. The standard InChI is InChI=1S/C19H26N2O3/c1-2-14-5-7-17(8-6-14)21-13-16(11-18(21)23)19(24)20(9-10-22)12-15-3-4-15/h5-8,15-16,22H,2-4,9-13H2,1H3/t16-/m1/s1. The Morgan fingerprint density at radius 3 is 2.58 bits per heavy atom. The van der Waals surface area contributed by atoms with Crippen LogP contribution in [0.15, 0.2) is 24.3 Å². The average Bonchev–Trinajstić information content (AvgIpc) is 3.33. The van der Waals surface area contributed by atoms with E-state index in [0.717, 1.165) is 31.5 Å². The predicted octanol–water partition coefficient (Wildman–Crippen LogP) is 1.83. The summed E-state index contributed by atoms with van der Waals surface area (Å²) in [6, 6.07) is 7.98. The van der Waals surface area contributed by atoms with Gasteiger partial charge in [-0.25, -0.2) is 0 Å². The number of aryl methyl sites for hydroxylation is 1. The van der Waals surface area contributed by atoms with Gasteiger partial charge in [0.2, 0.25) is 11.8 Å². The molecular weight excluding hydrogens is 304 g/mol. The molecule has 1 aliphatic heterocycles. The molecule has 0 unspecified atom stereocenters. The van der Waals surface area contributed by atoms with Crippen LogP contribution in [0.25, 0.3) is 0 Å². The van der Waals surface area contributed by atoms with E-state index < -0.39 is 0 Å². The third kappa shape index (κ3) is 3.78. The number of carbonyl (C=O) groups excluding carboxylic acids is 2. The van der Waals surface area contributed by atoms with E-state index in [-0.39, 0.29) is 30.8 Å². The summed E-state index contributed by atoms with van der Waals surface area (Å²) in [6.07, 6.45) is 3.55. The number of amides is 2. The predicted molar refractivity (Wildman–Crippen MR) is 92.7 cm³/mol. The van der Waals surface area contributed by atoms with Crippen molar-refractivity contribution in [3.8, 4) is 0 Å². The Morgan fingerprint density at radius 1 is 1.29 bits per heavy atom. The Labute approximate surface area is 143 Å². The molecule has 24 heavy (non-hydrogen) atoms. The van der Waals surface area contributed by atoms with E-state index in [2.05, 4.69) is 6.92 Å². The second-order valence-corrected chi connectivity index (χ2v) is 6.88. The first-order valence-electron chi connectivity index (χ1n) is 8.91. The largest absolute Gasteiger partial charge is 0.395 e. The molecule has 1 aliphatic carbocycles. The van der Waals surface area contributed by atoms with E-state index in [9.17, 15) is 14.7 Å². The zero-order valence-electron chi connectivity index (χ0n) is 14.3. The number of aliphatic hydroxyl groups excluding tert-OH is 1. The van der Waals surface area contributed by atoms with E-state index >= 15 is 0 Å².